The zero-order chi connectivity index (χ0) is 18.2. The monoisotopic (exact) mass is 341 g/mol. The number of fused-ring (bicyclic) bond motifs is 1. The second-order valence-electron chi connectivity index (χ2n) is 7.94. The Morgan fingerprint density at radius 2 is 1.60 bits per heavy atom. The van der Waals surface area contributed by atoms with Gasteiger partial charge in [0.1, 0.15) is 0 Å². The molecule has 1 aromatic heterocycles. The van der Waals surface area contributed by atoms with E-state index < -0.39 is 0 Å². The summed E-state index contributed by atoms with van der Waals surface area (Å²) < 4.78 is 2.40. The summed E-state index contributed by atoms with van der Waals surface area (Å²) in [6.07, 6.45) is 12.0. The van der Waals surface area contributed by atoms with Crippen molar-refractivity contribution < 1.29 is 0 Å². The van der Waals surface area contributed by atoms with Gasteiger partial charge in [-0.25, -0.2) is 0 Å². The van der Waals surface area contributed by atoms with Gasteiger partial charge in [0.15, 0.2) is 0 Å². The van der Waals surface area contributed by atoms with Crippen LogP contribution in [-0.2, 0) is 7.05 Å². The van der Waals surface area contributed by atoms with E-state index in [4.69, 9.17) is 0 Å². The zero-order valence-corrected chi connectivity index (χ0v) is 17.3. The van der Waals surface area contributed by atoms with Gasteiger partial charge in [0, 0.05) is 23.6 Å². The zero-order valence-electron chi connectivity index (χ0n) is 17.3. The van der Waals surface area contributed by atoms with Crippen molar-refractivity contribution in [1.29, 1.82) is 0 Å². The maximum absolute atomic E-state index is 2.49. The van der Waals surface area contributed by atoms with Gasteiger partial charge in [-0.2, -0.15) is 0 Å². The molecular formula is C24H39N. The third-order valence-corrected chi connectivity index (χ3v) is 6.00. The first-order valence-corrected chi connectivity index (χ1v) is 10.7. The number of benzene rings is 1. The van der Waals surface area contributed by atoms with E-state index in [1.807, 2.05) is 0 Å². The van der Waals surface area contributed by atoms with E-state index >= 15 is 0 Å². The number of hydrogen-bond donors (Lipinski definition) is 0. The van der Waals surface area contributed by atoms with Crippen LogP contribution in [-0.4, -0.2) is 4.57 Å². The molecule has 1 heteroatoms. The minimum atomic E-state index is 0.630. The number of unbranched alkanes of at least 4 members (excludes halogenated alkanes) is 4. The summed E-state index contributed by atoms with van der Waals surface area (Å²) in [5.74, 6) is 1.37. The molecule has 25 heavy (non-hydrogen) atoms. The van der Waals surface area contributed by atoms with Crippen LogP contribution in [0.2, 0.25) is 0 Å². The van der Waals surface area contributed by atoms with Crippen molar-refractivity contribution in [2.24, 2.45) is 7.05 Å². The molecule has 0 saturated heterocycles. The molecule has 0 aliphatic heterocycles. The summed E-state index contributed by atoms with van der Waals surface area (Å²) in [5.41, 5.74) is 4.43. The quantitative estimate of drug-likeness (QED) is 0.366. The predicted octanol–water partition coefficient (Wildman–Crippen LogP) is 7.94. The van der Waals surface area contributed by atoms with Crippen LogP contribution in [0, 0.1) is 0 Å². The van der Waals surface area contributed by atoms with Crippen molar-refractivity contribution in [3.63, 3.8) is 0 Å². The van der Waals surface area contributed by atoms with E-state index in [0.717, 1.165) is 5.92 Å². The normalized spacial score (nSPS) is 14.1. The summed E-state index contributed by atoms with van der Waals surface area (Å²) in [6.45, 7) is 9.23. The molecule has 2 atom stereocenters. The minimum Gasteiger partial charge on any atom is -0.347 e. The SMILES string of the molecule is CCCCCCC(CCCC)c1ccc2c(c1)cc(C(C)CC)n2C. The Kier molecular flexibility index (Phi) is 8.06. The second kappa shape index (κ2) is 10.0. The number of nitrogens with zero attached hydrogens (tertiary/aromatic N) is 1. The Morgan fingerprint density at radius 3 is 2.28 bits per heavy atom. The van der Waals surface area contributed by atoms with Crippen LogP contribution < -0.4 is 0 Å². The smallest absolute Gasteiger partial charge is 0.0480 e. The van der Waals surface area contributed by atoms with E-state index in [1.165, 1.54) is 74.4 Å². The molecule has 0 fully saturated rings. The van der Waals surface area contributed by atoms with Gasteiger partial charge < -0.3 is 4.57 Å². The van der Waals surface area contributed by atoms with Crippen molar-refractivity contribution in [3.8, 4) is 0 Å². The lowest BCUT2D eigenvalue weighted by molar-refractivity contribution is 0.509. The molecule has 0 spiro atoms. The van der Waals surface area contributed by atoms with Gasteiger partial charge in [0.25, 0.3) is 0 Å². The second-order valence-corrected chi connectivity index (χ2v) is 7.94. The highest BCUT2D eigenvalue weighted by Gasteiger charge is 2.15. The first kappa shape index (κ1) is 20.1. The number of aromatic nitrogens is 1. The van der Waals surface area contributed by atoms with Crippen LogP contribution in [0.25, 0.3) is 10.9 Å². The lowest BCUT2D eigenvalue weighted by atomic mass is 9.88. The summed E-state index contributed by atoms with van der Waals surface area (Å²) in [6, 6.07) is 9.69. The molecule has 0 bridgehead atoms. The third-order valence-electron chi connectivity index (χ3n) is 6.00. The van der Waals surface area contributed by atoms with Crippen LogP contribution in [0.15, 0.2) is 24.3 Å². The molecule has 0 aliphatic rings. The average molecular weight is 342 g/mol. The van der Waals surface area contributed by atoms with Crippen LogP contribution in [0.3, 0.4) is 0 Å². The van der Waals surface area contributed by atoms with Gasteiger partial charge in [-0.15, -0.1) is 0 Å². The van der Waals surface area contributed by atoms with Crippen LogP contribution in [0.5, 0.6) is 0 Å². The van der Waals surface area contributed by atoms with Gasteiger partial charge in [-0.1, -0.05) is 72.3 Å². The van der Waals surface area contributed by atoms with Gasteiger partial charge in [0.05, 0.1) is 0 Å². The fraction of sp³-hybridized carbons (Fsp3) is 0.667. The van der Waals surface area contributed by atoms with Crippen molar-refractivity contribution in [2.45, 2.75) is 97.3 Å². The average Bonchev–Trinajstić information content (AvgIpc) is 2.96. The molecule has 2 rings (SSSR count). The Bertz CT molecular complexity index is 637. The molecule has 1 aromatic carbocycles. The molecule has 0 amide bonds. The molecule has 1 heterocycles. The Labute approximate surface area is 155 Å². The van der Waals surface area contributed by atoms with E-state index in [9.17, 15) is 0 Å². The van der Waals surface area contributed by atoms with Crippen LogP contribution in [0.1, 0.15) is 109 Å². The summed E-state index contributed by atoms with van der Waals surface area (Å²) in [5, 5.41) is 1.44. The van der Waals surface area contributed by atoms with Gasteiger partial charge in [-0.05, 0) is 54.9 Å². The first-order valence-electron chi connectivity index (χ1n) is 10.7. The summed E-state index contributed by atoms with van der Waals surface area (Å²) >= 11 is 0. The molecule has 2 aromatic rings. The molecule has 140 valence electrons. The molecule has 0 radical (unpaired) electrons. The highest BCUT2D eigenvalue weighted by Crippen LogP contribution is 2.33. The highest BCUT2D eigenvalue weighted by atomic mass is 14.9. The fourth-order valence-electron chi connectivity index (χ4n) is 4.07. The maximum atomic E-state index is 2.49. The van der Waals surface area contributed by atoms with Crippen molar-refractivity contribution in [1.82, 2.24) is 4.57 Å². The van der Waals surface area contributed by atoms with Gasteiger partial charge in [0.2, 0.25) is 0 Å². The van der Waals surface area contributed by atoms with Crippen molar-refractivity contribution in [2.75, 3.05) is 0 Å². The summed E-state index contributed by atoms with van der Waals surface area (Å²) in [4.78, 5) is 0. The lowest BCUT2D eigenvalue weighted by Crippen LogP contribution is -2.01. The van der Waals surface area contributed by atoms with Gasteiger partial charge >= 0.3 is 0 Å². The highest BCUT2D eigenvalue weighted by molar-refractivity contribution is 5.82. The van der Waals surface area contributed by atoms with E-state index in [2.05, 4.69) is 63.6 Å². The molecule has 0 N–H and O–H groups in total. The largest absolute Gasteiger partial charge is 0.347 e. The van der Waals surface area contributed by atoms with Crippen LogP contribution in [0.4, 0.5) is 0 Å². The Hall–Kier alpha value is -1.24. The Balaban J connectivity index is 2.22. The fourth-order valence-corrected chi connectivity index (χ4v) is 4.07. The predicted molar refractivity (Wildman–Crippen MR) is 113 cm³/mol. The van der Waals surface area contributed by atoms with E-state index in [-0.39, 0.29) is 0 Å². The third kappa shape index (κ3) is 5.12. The number of rotatable bonds is 11. The molecule has 2 unspecified atom stereocenters. The topological polar surface area (TPSA) is 4.93 Å². The molecule has 0 saturated carbocycles. The molecule has 0 aliphatic carbocycles. The van der Waals surface area contributed by atoms with E-state index in [1.54, 1.807) is 5.56 Å². The van der Waals surface area contributed by atoms with Crippen molar-refractivity contribution in [3.05, 3.63) is 35.5 Å². The lowest BCUT2D eigenvalue weighted by Gasteiger charge is -2.17. The van der Waals surface area contributed by atoms with Gasteiger partial charge in [-0.3, -0.25) is 0 Å². The molecule has 1 nitrogen and oxygen atoms in total. The number of hydrogen-bond acceptors (Lipinski definition) is 0. The maximum Gasteiger partial charge on any atom is 0.0480 e. The molecular weight excluding hydrogens is 302 g/mol. The first-order chi connectivity index (χ1) is 12.1. The Morgan fingerprint density at radius 1 is 0.880 bits per heavy atom. The number of aryl methyl sites for hydroxylation is 1. The van der Waals surface area contributed by atoms with Crippen molar-refractivity contribution >= 4 is 10.9 Å². The standard InChI is InChI=1S/C24H39N/c1-6-9-11-12-14-20(13-10-7-2)21-15-16-23-22(17-21)18-24(25(23)5)19(4)8-3/h15-20H,6-14H2,1-5H3. The van der Waals surface area contributed by atoms with E-state index in [0.29, 0.717) is 5.92 Å². The summed E-state index contributed by atoms with van der Waals surface area (Å²) in [7, 11) is 2.23. The minimum absolute atomic E-state index is 0.630. The van der Waals surface area contributed by atoms with Crippen LogP contribution >= 0.6 is 0 Å².